The van der Waals surface area contributed by atoms with E-state index in [2.05, 4.69) is 69.1 Å². The molecule has 0 unspecified atom stereocenters. The summed E-state index contributed by atoms with van der Waals surface area (Å²) >= 11 is 1.71. The Hall–Kier alpha value is -2.99. The fourth-order valence-corrected chi connectivity index (χ4v) is 3.28. The number of nitrogens with one attached hydrogen (secondary N) is 3. The number of rotatable bonds is 5. The highest BCUT2D eigenvalue weighted by molar-refractivity contribution is 7.98. The maximum Gasteiger partial charge on any atom is 0.229 e. The first-order valence-electron chi connectivity index (χ1n) is 8.30. The molecule has 6 heteroatoms. The molecule has 5 nitrogen and oxygen atoms in total. The van der Waals surface area contributed by atoms with Crippen molar-refractivity contribution in [2.24, 2.45) is 0 Å². The van der Waals surface area contributed by atoms with Crippen LogP contribution in [0.2, 0.25) is 0 Å². The van der Waals surface area contributed by atoms with Gasteiger partial charge in [-0.2, -0.15) is 4.98 Å². The van der Waals surface area contributed by atoms with Gasteiger partial charge in [0.15, 0.2) is 0 Å². The van der Waals surface area contributed by atoms with Gasteiger partial charge in [0.2, 0.25) is 5.95 Å². The molecular formula is C20H19N5S. The summed E-state index contributed by atoms with van der Waals surface area (Å²) in [5.41, 5.74) is 4.24. The number of anilines is 4. The minimum atomic E-state index is 0.562. The predicted octanol–water partition coefficient (Wildman–Crippen LogP) is 5.48. The molecule has 3 N–H and O–H groups in total. The Morgan fingerprint density at radius 1 is 0.962 bits per heavy atom. The van der Waals surface area contributed by atoms with E-state index in [9.17, 15) is 0 Å². The molecule has 0 aliphatic heterocycles. The lowest BCUT2D eigenvalue weighted by Gasteiger charge is -2.09. The highest BCUT2D eigenvalue weighted by Gasteiger charge is 2.04. The zero-order chi connectivity index (χ0) is 17.9. The smallest absolute Gasteiger partial charge is 0.229 e. The van der Waals surface area contributed by atoms with E-state index in [0.29, 0.717) is 5.95 Å². The SMILES string of the molecule is CSc1cccc(Nc2nccc(Nc3ccc4[nH]c(C)cc4c3)n2)c1. The van der Waals surface area contributed by atoms with Gasteiger partial charge in [-0.25, -0.2) is 4.98 Å². The van der Waals surface area contributed by atoms with Crippen molar-refractivity contribution >= 4 is 45.8 Å². The van der Waals surface area contributed by atoms with Crippen molar-refractivity contribution in [2.45, 2.75) is 11.8 Å². The number of hydrogen-bond donors (Lipinski definition) is 3. The molecular weight excluding hydrogens is 342 g/mol. The highest BCUT2D eigenvalue weighted by atomic mass is 32.2. The maximum atomic E-state index is 4.56. The minimum absolute atomic E-state index is 0.562. The van der Waals surface area contributed by atoms with Gasteiger partial charge in [0, 0.05) is 39.1 Å². The largest absolute Gasteiger partial charge is 0.359 e. The van der Waals surface area contributed by atoms with Crippen LogP contribution in [-0.2, 0) is 0 Å². The van der Waals surface area contributed by atoms with E-state index in [1.54, 1.807) is 18.0 Å². The summed E-state index contributed by atoms with van der Waals surface area (Å²) in [5, 5.41) is 7.78. The number of hydrogen-bond acceptors (Lipinski definition) is 5. The molecule has 26 heavy (non-hydrogen) atoms. The second kappa shape index (κ2) is 7.09. The molecule has 4 aromatic rings. The molecule has 0 bridgehead atoms. The number of benzene rings is 2. The van der Waals surface area contributed by atoms with Gasteiger partial charge < -0.3 is 15.6 Å². The van der Waals surface area contributed by atoms with Crippen LogP contribution in [0.1, 0.15) is 5.69 Å². The molecule has 0 atom stereocenters. The quantitative estimate of drug-likeness (QED) is 0.411. The van der Waals surface area contributed by atoms with E-state index in [4.69, 9.17) is 0 Å². The Balaban J connectivity index is 1.54. The monoisotopic (exact) mass is 361 g/mol. The Morgan fingerprint density at radius 3 is 2.73 bits per heavy atom. The van der Waals surface area contributed by atoms with Gasteiger partial charge >= 0.3 is 0 Å². The lowest BCUT2D eigenvalue weighted by atomic mass is 10.2. The third kappa shape index (κ3) is 3.65. The fraction of sp³-hybridized carbons (Fsp3) is 0.100. The molecule has 130 valence electrons. The van der Waals surface area contributed by atoms with Gasteiger partial charge in [-0.1, -0.05) is 6.07 Å². The van der Waals surface area contributed by atoms with E-state index < -0.39 is 0 Å². The Labute approximate surface area is 156 Å². The van der Waals surface area contributed by atoms with E-state index >= 15 is 0 Å². The number of aromatic nitrogens is 3. The van der Waals surface area contributed by atoms with Gasteiger partial charge in [-0.15, -0.1) is 11.8 Å². The van der Waals surface area contributed by atoms with Gasteiger partial charge in [0.1, 0.15) is 5.82 Å². The summed E-state index contributed by atoms with van der Waals surface area (Å²) in [4.78, 5) is 13.4. The number of nitrogens with zero attached hydrogens (tertiary/aromatic N) is 2. The van der Waals surface area contributed by atoms with Gasteiger partial charge in [0.05, 0.1) is 0 Å². The lowest BCUT2D eigenvalue weighted by molar-refractivity contribution is 1.16. The zero-order valence-electron chi connectivity index (χ0n) is 14.6. The molecule has 0 saturated carbocycles. The Morgan fingerprint density at radius 2 is 1.85 bits per heavy atom. The van der Waals surface area contributed by atoms with Gasteiger partial charge in [0.25, 0.3) is 0 Å². The van der Waals surface area contributed by atoms with Gasteiger partial charge in [-0.3, -0.25) is 0 Å². The summed E-state index contributed by atoms with van der Waals surface area (Å²) in [5.74, 6) is 1.31. The molecule has 0 saturated heterocycles. The van der Waals surface area contributed by atoms with Crippen LogP contribution in [0.3, 0.4) is 0 Å². The Bertz CT molecular complexity index is 1060. The van der Waals surface area contributed by atoms with Crippen LogP contribution >= 0.6 is 11.8 Å². The summed E-state index contributed by atoms with van der Waals surface area (Å²) in [6.07, 6.45) is 3.80. The zero-order valence-corrected chi connectivity index (χ0v) is 15.4. The van der Waals surface area contributed by atoms with E-state index in [1.165, 1.54) is 10.3 Å². The number of thioether (sulfide) groups is 1. The normalized spacial score (nSPS) is 10.8. The van der Waals surface area contributed by atoms with Crippen molar-refractivity contribution < 1.29 is 0 Å². The summed E-state index contributed by atoms with van der Waals surface area (Å²) < 4.78 is 0. The molecule has 0 amide bonds. The molecule has 4 rings (SSSR count). The summed E-state index contributed by atoms with van der Waals surface area (Å²) in [6, 6.07) is 18.4. The molecule has 2 aromatic carbocycles. The fourth-order valence-electron chi connectivity index (χ4n) is 2.82. The first-order valence-corrected chi connectivity index (χ1v) is 9.52. The molecule has 2 heterocycles. The van der Waals surface area contributed by atoms with Crippen molar-refractivity contribution in [1.82, 2.24) is 15.0 Å². The molecule has 0 aliphatic rings. The lowest BCUT2D eigenvalue weighted by Crippen LogP contribution is -2.00. The van der Waals surface area contributed by atoms with Crippen molar-refractivity contribution in [3.63, 3.8) is 0 Å². The number of fused-ring (bicyclic) bond motifs is 1. The predicted molar refractivity (Wildman–Crippen MR) is 110 cm³/mol. The topological polar surface area (TPSA) is 65.6 Å². The van der Waals surface area contributed by atoms with Crippen molar-refractivity contribution in [3.8, 4) is 0 Å². The number of H-pyrrole nitrogens is 1. The van der Waals surface area contributed by atoms with E-state index in [0.717, 1.165) is 28.4 Å². The summed E-state index contributed by atoms with van der Waals surface area (Å²) in [7, 11) is 0. The molecule has 0 fully saturated rings. The van der Waals surface area contributed by atoms with Crippen LogP contribution in [0.15, 0.2) is 65.7 Å². The highest BCUT2D eigenvalue weighted by Crippen LogP contribution is 2.24. The van der Waals surface area contributed by atoms with Crippen molar-refractivity contribution in [3.05, 3.63) is 66.5 Å². The van der Waals surface area contributed by atoms with Crippen LogP contribution in [0.5, 0.6) is 0 Å². The average Bonchev–Trinajstić information content (AvgIpc) is 3.01. The molecule has 0 spiro atoms. The second-order valence-corrected chi connectivity index (χ2v) is 6.88. The van der Waals surface area contributed by atoms with Crippen LogP contribution in [0, 0.1) is 6.92 Å². The van der Waals surface area contributed by atoms with Crippen LogP contribution in [-0.4, -0.2) is 21.2 Å². The first-order chi connectivity index (χ1) is 12.7. The van der Waals surface area contributed by atoms with Gasteiger partial charge in [-0.05, 0) is 61.7 Å². The minimum Gasteiger partial charge on any atom is -0.359 e. The third-order valence-corrected chi connectivity index (χ3v) is 4.73. The van der Waals surface area contributed by atoms with Crippen LogP contribution < -0.4 is 10.6 Å². The molecule has 0 radical (unpaired) electrons. The van der Waals surface area contributed by atoms with E-state index in [1.807, 2.05) is 24.3 Å². The standard InChI is InChI=1S/C20H19N5S/c1-13-10-14-11-16(6-7-18(14)22-13)23-19-8-9-21-20(25-19)24-15-4-3-5-17(12-15)26-2/h3-12,22H,1-2H3,(H2,21,23,24,25). The molecule has 0 aliphatic carbocycles. The molecule has 2 aromatic heterocycles. The number of aryl methyl sites for hydroxylation is 1. The Kier molecular flexibility index (Phi) is 4.50. The average molecular weight is 361 g/mol. The first kappa shape index (κ1) is 16.5. The van der Waals surface area contributed by atoms with Crippen molar-refractivity contribution in [1.29, 1.82) is 0 Å². The maximum absolute atomic E-state index is 4.56. The number of aromatic amines is 1. The van der Waals surface area contributed by atoms with Crippen LogP contribution in [0.4, 0.5) is 23.1 Å². The van der Waals surface area contributed by atoms with Crippen LogP contribution in [0.25, 0.3) is 10.9 Å². The summed E-state index contributed by atoms with van der Waals surface area (Å²) in [6.45, 7) is 2.06. The van der Waals surface area contributed by atoms with E-state index in [-0.39, 0.29) is 0 Å². The third-order valence-electron chi connectivity index (χ3n) is 4.01. The van der Waals surface area contributed by atoms with Crippen molar-refractivity contribution in [2.75, 3.05) is 16.9 Å². The second-order valence-electron chi connectivity index (χ2n) is 6.00.